The molecule has 0 spiro atoms. The van der Waals surface area contributed by atoms with Crippen molar-refractivity contribution in [3.8, 4) is 0 Å². The first-order chi connectivity index (χ1) is 7.46. The molecule has 92 valence electrons. The minimum absolute atomic E-state index is 0.137. The van der Waals surface area contributed by atoms with Gasteiger partial charge in [-0.2, -0.15) is 0 Å². The highest BCUT2D eigenvalue weighted by molar-refractivity contribution is 5.81. The van der Waals surface area contributed by atoms with E-state index in [0.717, 1.165) is 19.3 Å². The van der Waals surface area contributed by atoms with E-state index in [2.05, 4.69) is 25.7 Å². The second-order valence-corrected chi connectivity index (χ2v) is 5.44. The van der Waals surface area contributed by atoms with E-state index in [-0.39, 0.29) is 11.4 Å². The third-order valence-corrected chi connectivity index (χ3v) is 3.40. The van der Waals surface area contributed by atoms with Gasteiger partial charge in [0.05, 0.1) is 7.11 Å². The van der Waals surface area contributed by atoms with Crippen LogP contribution in [0.3, 0.4) is 0 Å². The second-order valence-electron chi connectivity index (χ2n) is 5.44. The summed E-state index contributed by atoms with van der Waals surface area (Å²) in [5.41, 5.74) is -0.314. The molecule has 1 aliphatic rings. The van der Waals surface area contributed by atoms with Gasteiger partial charge in [-0.3, -0.25) is 10.1 Å². The van der Waals surface area contributed by atoms with E-state index >= 15 is 0 Å². The largest absolute Gasteiger partial charge is 0.468 e. The molecule has 1 fully saturated rings. The van der Waals surface area contributed by atoms with Gasteiger partial charge in [0.15, 0.2) is 0 Å². The molecule has 0 radical (unpaired) electrons. The predicted molar refractivity (Wildman–Crippen MR) is 65.2 cm³/mol. The molecule has 1 unspecified atom stereocenters. The minimum atomic E-state index is -0.509. The van der Waals surface area contributed by atoms with Crippen LogP contribution in [0.25, 0.3) is 0 Å². The molecule has 1 aliphatic carbocycles. The number of carbonyl (C=O) groups excluding carboxylic acids is 1. The van der Waals surface area contributed by atoms with E-state index in [4.69, 9.17) is 4.74 Å². The summed E-state index contributed by atoms with van der Waals surface area (Å²) in [6.07, 6.45) is 5.71. The lowest BCUT2D eigenvalue weighted by Crippen LogP contribution is -2.56. The van der Waals surface area contributed by atoms with Gasteiger partial charge in [0.1, 0.15) is 5.54 Å². The number of methoxy groups -OCH3 is 1. The molecular formula is C13H23NO2. The van der Waals surface area contributed by atoms with Gasteiger partial charge in [-0.05, 0) is 24.7 Å². The molecule has 0 aromatic heterocycles. The lowest BCUT2D eigenvalue weighted by molar-refractivity contribution is -0.152. The van der Waals surface area contributed by atoms with Crippen LogP contribution >= 0.6 is 0 Å². The minimum Gasteiger partial charge on any atom is -0.468 e. The van der Waals surface area contributed by atoms with E-state index in [1.165, 1.54) is 13.5 Å². The Bertz CT molecular complexity index is 273. The third-order valence-electron chi connectivity index (χ3n) is 3.40. The van der Waals surface area contributed by atoms with Crippen molar-refractivity contribution in [2.24, 2.45) is 5.41 Å². The van der Waals surface area contributed by atoms with Gasteiger partial charge in [0.25, 0.3) is 0 Å². The van der Waals surface area contributed by atoms with E-state index in [1.807, 2.05) is 0 Å². The maximum atomic E-state index is 12.0. The van der Waals surface area contributed by atoms with Crippen LogP contribution in [0.15, 0.2) is 12.7 Å². The Morgan fingerprint density at radius 1 is 1.50 bits per heavy atom. The average Bonchev–Trinajstić information content (AvgIpc) is 2.24. The van der Waals surface area contributed by atoms with Gasteiger partial charge in [-0.25, -0.2) is 0 Å². The highest BCUT2D eigenvalue weighted by Gasteiger charge is 2.45. The van der Waals surface area contributed by atoms with Crippen molar-refractivity contribution in [2.75, 3.05) is 13.7 Å². The summed E-state index contributed by atoms with van der Waals surface area (Å²) in [5, 5.41) is 3.30. The zero-order valence-electron chi connectivity index (χ0n) is 10.6. The molecule has 16 heavy (non-hydrogen) atoms. The Morgan fingerprint density at radius 2 is 2.19 bits per heavy atom. The molecule has 0 amide bonds. The zero-order valence-corrected chi connectivity index (χ0v) is 10.6. The molecule has 3 nitrogen and oxygen atoms in total. The summed E-state index contributed by atoms with van der Waals surface area (Å²) in [7, 11) is 1.46. The smallest absolute Gasteiger partial charge is 0.326 e. The predicted octanol–water partition coefficient (Wildman–Crippen LogP) is 2.27. The topological polar surface area (TPSA) is 38.3 Å². The number of ether oxygens (including phenoxy) is 1. The van der Waals surface area contributed by atoms with E-state index in [1.54, 1.807) is 6.08 Å². The lowest BCUT2D eigenvalue weighted by atomic mass is 9.68. The van der Waals surface area contributed by atoms with Gasteiger partial charge in [-0.1, -0.05) is 26.3 Å². The fourth-order valence-corrected chi connectivity index (χ4v) is 2.72. The molecule has 0 aromatic rings. The summed E-state index contributed by atoms with van der Waals surface area (Å²) in [6.45, 7) is 8.74. The van der Waals surface area contributed by atoms with Crippen LogP contribution in [0.5, 0.6) is 0 Å². The lowest BCUT2D eigenvalue weighted by Gasteiger charge is -2.43. The van der Waals surface area contributed by atoms with E-state index in [0.29, 0.717) is 6.54 Å². The Kier molecular flexibility index (Phi) is 4.14. The van der Waals surface area contributed by atoms with Gasteiger partial charge in [0, 0.05) is 6.54 Å². The van der Waals surface area contributed by atoms with Crippen molar-refractivity contribution in [1.29, 1.82) is 0 Å². The SMILES string of the molecule is C=CCNC1(C(=O)OC)CCCC(C)(C)C1. The van der Waals surface area contributed by atoms with E-state index in [9.17, 15) is 4.79 Å². The third kappa shape index (κ3) is 2.85. The van der Waals surface area contributed by atoms with Crippen molar-refractivity contribution in [1.82, 2.24) is 5.32 Å². The molecule has 0 bridgehead atoms. The molecule has 3 heteroatoms. The van der Waals surface area contributed by atoms with Crippen LogP contribution in [0.4, 0.5) is 0 Å². The van der Waals surface area contributed by atoms with Gasteiger partial charge >= 0.3 is 5.97 Å². The molecular weight excluding hydrogens is 202 g/mol. The van der Waals surface area contributed by atoms with Gasteiger partial charge in [-0.15, -0.1) is 6.58 Å². The number of esters is 1. The highest BCUT2D eigenvalue weighted by atomic mass is 16.5. The quantitative estimate of drug-likeness (QED) is 0.589. The van der Waals surface area contributed by atoms with Crippen molar-refractivity contribution in [2.45, 2.75) is 45.1 Å². The first-order valence-electron chi connectivity index (χ1n) is 5.90. The molecule has 1 atom stereocenters. The zero-order chi connectivity index (χ0) is 12.2. The summed E-state index contributed by atoms with van der Waals surface area (Å²) in [6, 6.07) is 0. The van der Waals surface area contributed by atoms with Crippen LogP contribution in [0.1, 0.15) is 39.5 Å². The van der Waals surface area contributed by atoms with Crippen molar-refractivity contribution in [3.05, 3.63) is 12.7 Å². The van der Waals surface area contributed by atoms with Crippen molar-refractivity contribution >= 4 is 5.97 Å². The van der Waals surface area contributed by atoms with Crippen molar-refractivity contribution in [3.63, 3.8) is 0 Å². The van der Waals surface area contributed by atoms with E-state index < -0.39 is 5.54 Å². The molecule has 1 N–H and O–H groups in total. The summed E-state index contributed by atoms with van der Waals surface area (Å²) < 4.78 is 4.95. The average molecular weight is 225 g/mol. The molecule has 0 aromatic carbocycles. The Morgan fingerprint density at radius 3 is 2.69 bits per heavy atom. The van der Waals surface area contributed by atoms with Gasteiger partial charge in [0.2, 0.25) is 0 Å². The van der Waals surface area contributed by atoms with Crippen LogP contribution in [-0.2, 0) is 9.53 Å². The normalized spacial score (nSPS) is 28.4. The number of hydrogen-bond acceptors (Lipinski definition) is 3. The second kappa shape index (κ2) is 5.00. The number of nitrogens with one attached hydrogen (secondary N) is 1. The van der Waals surface area contributed by atoms with Gasteiger partial charge < -0.3 is 4.74 Å². The number of carbonyl (C=O) groups is 1. The molecule has 0 heterocycles. The fourth-order valence-electron chi connectivity index (χ4n) is 2.72. The maximum absolute atomic E-state index is 12.0. The summed E-state index contributed by atoms with van der Waals surface area (Å²) >= 11 is 0. The van der Waals surface area contributed by atoms with Crippen molar-refractivity contribution < 1.29 is 9.53 Å². The summed E-state index contributed by atoms with van der Waals surface area (Å²) in [4.78, 5) is 12.0. The monoisotopic (exact) mass is 225 g/mol. The first-order valence-corrected chi connectivity index (χ1v) is 5.90. The number of rotatable bonds is 4. The summed E-state index contributed by atoms with van der Waals surface area (Å²) in [5.74, 6) is -0.137. The molecule has 1 saturated carbocycles. The maximum Gasteiger partial charge on any atom is 0.326 e. The van der Waals surface area contributed by atoms with Crippen LogP contribution in [0.2, 0.25) is 0 Å². The number of hydrogen-bond donors (Lipinski definition) is 1. The Labute approximate surface area is 98.2 Å². The molecule has 1 rings (SSSR count). The Balaban J connectivity index is 2.85. The van der Waals surface area contributed by atoms with Crippen LogP contribution < -0.4 is 5.32 Å². The molecule has 0 saturated heterocycles. The Hall–Kier alpha value is -0.830. The highest BCUT2D eigenvalue weighted by Crippen LogP contribution is 2.41. The van der Waals surface area contributed by atoms with Crippen LogP contribution in [-0.4, -0.2) is 25.2 Å². The molecule has 0 aliphatic heterocycles. The first kappa shape index (κ1) is 13.2. The fraction of sp³-hybridized carbons (Fsp3) is 0.769. The van der Waals surface area contributed by atoms with Crippen LogP contribution in [0, 0.1) is 5.41 Å². The standard InChI is InChI=1S/C13H23NO2/c1-5-9-14-13(11(15)16-4)8-6-7-12(2,3)10-13/h5,14H,1,6-10H2,2-4H3.